The van der Waals surface area contributed by atoms with Crippen molar-refractivity contribution in [1.82, 2.24) is 5.32 Å². The Hall–Kier alpha value is -1.99. The first-order valence-corrected chi connectivity index (χ1v) is 6.91. The zero-order valence-corrected chi connectivity index (χ0v) is 11.6. The number of nitrogens with zero attached hydrogens (tertiary/aromatic N) is 1. The second kappa shape index (κ2) is 5.09. The van der Waals surface area contributed by atoms with Gasteiger partial charge in [0.1, 0.15) is 0 Å². The van der Waals surface area contributed by atoms with Gasteiger partial charge in [-0.15, -0.1) is 0 Å². The SMILES string of the molecule is Cc1cc(C(=O)NC2C(N)C3CCOC32)cc([N+](=O)[O-])c1. The highest BCUT2D eigenvalue weighted by Crippen LogP contribution is 2.37. The number of nitro benzene ring substituents is 1. The highest BCUT2D eigenvalue weighted by molar-refractivity contribution is 5.95. The van der Waals surface area contributed by atoms with Crippen molar-refractivity contribution in [3.05, 3.63) is 39.4 Å². The molecule has 2 fully saturated rings. The van der Waals surface area contributed by atoms with Gasteiger partial charge in [-0.05, 0) is 25.0 Å². The summed E-state index contributed by atoms with van der Waals surface area (Å²) in [6.45, 7) is 2.39. The van der Waals surface area contributed by atoms with Gasteiger partial charge < -0.3 is 15.8 Å². The number of non-ortho nitro benzene ring substituents is 1. The number of rotatable bonds is 3. The molecule has 1 heterocycles. The van der Waals surface area contributed by atoms with E-state index in [1.807, 2.05) is 0 Å². The molecule has 21 heavy (non-hydrogen) atoms. The molecule has 0 spiro atoms. The van der Waals surface area contributed by atoms with E-state index in [-0.39, 0.29) is 35.3 Å². The van der Waals surface area contributed by atoms with Crippen molar-refractivity contribution < 1.29 is 14.5 Å². The smallest absolute Gasteiger partial charge is 0.270 e. The maximum Gasteiger partial charge on any atom is 0.270 e. The van der Waals surface area contributed by atoms with Crippen LogP contribution in [-0.4, -0.2) is 35.6 Å². The summed E-state index contributed by atoms with van der Waals surface area (Å²) in [4.78, 5) is 22.6. The number of aryl methyl sites for hydroxylation is 1. The van der Waals surface area contributed by atoms with Crippen LogP contribution >= 0.6 is 0 Å². The van der Waals surface area contributed by atoms with Crippen molar-refractivity contribution in [2.45, 2.75) is 31.5 Å². The quantitative estimate of drug-likeness (QED) is 0.631. The Morgan fingerprint density at radius 2 is 2.24 bits per heavy atom. The zero-order chi connectivity index (χ0) is 15.1. The van der Waals surface area contributed by atoms with Crippen molar-refractivity contribution in [3.8, 4) is 0 Å². The minimum absolute atomic E-state index is 0.0243. The highest BCUT2D eigenvalue weighted by atomic mass is 16.6. The van der Waals surface area contributed by atoms with Crippen LogP contribution < -0.4 is 11.1 Å². The molecule has 7 heteroatoms. The second-order valence-corrected chi connectivity index (χ2v) is 5.68. The van der Waals surface area contributed by atoms with Crippen LogP contribution in [0, 0.1) is 23.0 Å². The van der Waals surface area contributed by atoms with Crippen LogP contribution in [0.1, 0.15) is 22.3 Å². The third-order valence-corrected chi connectivity index (χ3v) is 4.28. The normalized spacial score (nSPS) is 30.4. The van der Waals surface area contributed by atoms with E-state index in [1.165, 1.54) is 12.1 Å². The lowest BCUT2D eigenvalue weighted by Gasteiger charge is -2.45. The number of carbonyl (C=O) groups is 1. The van der Waals surface area contributed by atoms with Gasteiger partial charge in [0.25, 0.3) is 11.6 Å². The Bertz CT molecular complexity index is 604. The molecule has 0 bridgehead atoms. The van der Waals surface area contributed by atoms with Gasteiger partial charge in [-0.25, -0.2) is 0 Å². The number of benzene rings is 1. The Morgan fingerprint density at radius 1 is 1.48 bits per heavy atom. The zero-order valence-electron chi connectivity index (χ0n) is 11.6. The molecule has 4 atom stereocenters. The summed E-state index contributed by atoms with van der Waals surface area (Å²) in [5.41, 5.74) is 6.89. The van der Waals surface area contributed by atoms with Gasteiger partial charge in [0, 0.05) is 36.3 Å². The van der Waals surface area contributed by atoms with Crippen LogP contribution in [0.4, 0.5) is 5.69 Å². The van der Waals surface area contributed by atoms with Crippen molar-refractivity contribution in [3.63, 3.8) is 0 Å². The van der Waals surface area contributed by atoms with E-state index in [0.717, 1.165) is 6.42 Å². The predicted octanol–water partition coefficient (Wildman–Crippen LogP) is 0.748. The fourth-order valence-electron chi connectivity index (χ4n) is 3.16. The molecule has 1 amide bonds. The lowest BCUT2D eigenvalue weighted by molar-refractivity contribution is -0.384. The summed E-state index contributed by atoms with van der Waals surface area (Å²) in [6.07, 6.45) is 0.900. The molecular weight excluding hydrogens is 274 g/mol. The minimum Gasteiger partial charge on any atom is -0.376 e. The van der Waals surface area contributed by atoms with E-state index in [0.29, 0.717) is 18.1 Å². The Balaban J connectivity index is 1.75. The first-order valence-electron chi connectivity index (χ1n) is 6.91. The predicted molar refractivity (Wildman–Crippen MR) is 74.9 cm³/mol. The van der Waals surface area contributed by atoms with E-state index in [1.54, 1.807) is 13.0 Å². The molecule has 112 valence electrons. The molecule has 1 aromatic rings. The van der Waals surface area contributed by atoms with Crippen molar-refractivity contribution in [1.29, 1.82) is 0 Å². The topological polar surface area (TPSA) is 107 Å². The molecule has 1 aromatic carbocycles. The monoisotopic (exact) mass is 291 g/mol. The van der Waals surface area contributed by atoms with Crippen LogP contribution in [0.3, 0.4) is 0 Å². The van der Waals surface area contributed by atoms with E-state index in [9.17, 15) is 14.9 Å². The minimum atomic E-state index is -0.505. The van der Waals surface area contributed by atoms with Crippen molar-refractivity contribution >= 4 is 11.6 Å². The van der Waals surface area contributed by atoms with Gasteiger partial charge in [-0.2, -0.15) is 0 Å². The van der Waals surface area contributed by atoms with Crippen molar-refractivity contribution in [2.24, 2.45) is 11.7 Å². The van der Waals surface area contributed by atoms with E-state index >= 15 is 0 Å². The third-order valence-electron chi connectivity index (χ3n) is 4.28. The summed E-state index contributed by atoms with van der Waals surface area (Å²) in [5, 5.41) is 13.7. The summed E-state index contributed by atoms with van der Waals surface area (Å²) >= 11 is 0. The molecule has 3 rings (SSSR count). The van der Waals surface area contributed by atoms with Gasteiger partial charge in [0.2, 0.25) is 0 Å². The molecule has 0 radical (unpaired) electrons. The Kier molecular flexibility index (Phi) is 3.38. The number of ether oxygens (including phenoxy) is 1. The first-order chi connectivity index (χ1) is 9.97. The van der Waals surface area contributed by atoms with Crippen LogP contribution in [0.5, 0.6) is 0 Å². The number of nitro groups is 1. The van der Waals surface area contributed by atoms with Crippen LogP contribution in [0.2, 0.25) is 0 Å². The lowest BCUT2D eigenvalue weighted by Crippen LogP contribution is -2.68. The van der Waals surface area contributed by atoms with Gasteiger partial charge in [0.15, 0.2) is 0 Å². The number of nitrogens with one attached hydrogen (secondary N) is 1. The van der Waals surface area contributed by atoms with E-state index in [2.05, 4.69) is 5.32 Å². The maximum atomic E-state index is 12.3. The number of amides is 1. The summed E-state index contributed by atoms with van der Waals surface area (Å²) < 4.78 is 5.55. The highest BCUT2D eigenvalue weighted by Gasteiger charge is 2.52. The summed E-state index contributed by atoms with van der Waals surface area (Å²) in [7, 11) is 0. The lowest BCUT2D eigenvalue weighted by atomic mass is 9.72. The van der Waals surface area contributed by atoms with E-state index in [4.69, 9.17) is 10.5 Å². The third kappa shape index (κ3) is 2.38. The number of carbonyl (C=O) groups excluding carboxylic acids is 1. The van der Waals surface area contributed by atoms with Crippen LogP contribution in [0.15, 0.2) is 18.2 Å². The Morgan fingerprint density at radius 3 is 2.95 bits per heavy atom. The molecule has 1 saturated carbocycles. The molecule has 1 saturated heterocycles. The number of hydrogen-bond acceptors (Lipinski definition) is 5. The maximum absolute atomic E-state index is 12.3. The molecule has 1 aliphatic heterocycles. The molecule has 4 unspecified atom stereocenters. The van der Waals surface area contributed by atoms with Gasteiger partial charge in [0.05, 0.1) is 17.1 Å². The molecule has 0 aromatic heterocycles. The number of fused-ring (bicyclic) bond motifs is 1. The average molecular weight is 291 g/mol. The number of nitrogens with two attached hydrogens (primary N) is 1. The Labute approximate surface area is 121 Å². The molecule has 7 nitrogen and oxygen atoms in total. The standard InChI is InChI=1S/C14H17N3O4/c1-7-4-8(6-9(5-7)17(19)20)14(18)16-12-11(15)10-2-3-21-13(10)12/h4-6,10-13H,2-3,15H2,1H3,(H,16,18). The molecule has 3 N–H and O–H groups in total. The van der Waals surface area contributed by atoms with Gasteiger partial charge in [-0.1, -0.05) is 0 Å². The largest absolute Gasteiger partial charge is 0.376 e. The van der Waals surface area contributed by atoms with Gasteiger partial charge >= 0.3 is 0 Å². The average Bonchev–Trinajstić information content (AvgIpc) is 2.88. The fraction of sp³-hybridized carbons (Fsp3) is 0.500. The van der Waals surface area contributed by atoms with Crippen molar-refractivity contribution in [2.75, 3.05) is 6.61 Å². The van der Waals surface area contributed by atoms with E-state index < -0.39 is 4.92 Å². The summed E-state index contributed by atoms with van der Waals surface area (Å²) in [6, 6.07) is 4.01. The summed E-state index contributed by atoms with van der Waals surface area (Å²) in [5.74, 6) is -0.0432. The number of hydrogen-bond donors (Lipinski definition) is 2. The molecule has 2 aliphatic rings. The van der Waals surface area contributed by atoms with Crippen LogP contribution in [0.25, 0.3) is 0 Å². The van der Waals surface area contributed by atoms with Crippen LogP contribution in [-0.2, 0) is 4.74 Å². The molecular formula is C14H17N3O4. The first kappa shape index (κ1) is 14.0. The fourth-order valence-corrected chi connectivity index (χ4v) is 3.16. The van der Waals surface area contributed by atoms with Gasteiger partial charge in [-0.3, -0.25) is 14.9 Å². The second-order valence-electron chi connectivity index (χ2n) is 5.68. The molecule has 1 aliphatic carbocycles.